The maximum atomic E-state index is 11.5. The van der Waals surface area contributed by atoms with Gasteiger partial charge in [0.1, 0.15) is 12.4 Å². The van der Waals surface area contributed by atoms with E-state index < -0.39 is 0 Å². The summed E-state index contributed by atoms with van der Waals surface area (Å²) in [5.74, 6) is 2.26. The zero-order valence-corrected chi connectivity index (χ0v) is 17.8. The van der Waals surface area contributed by atoms with E-state index in [2.05, 4.69) is 51.2 Å². The van der Waals surface area contributed by atoms with Crippen LogP contribution in [0.2, 0.25) is 0 Å². The van der Waals surface area contributed by atoms with Crippen LogP contribution in [-0.2, 0) is 17.6 Å². The van der Waals surface area contributed by atoms with E-state index in [9.17, 15) is 4.79 Å². The van der Waals surface area contributed by atoms with Crippen LogP contribution in [0.25, 0.3) is 0 Å². The normalized spacial score (nSPS) is 33.0. The Hall–Kier alpha value is -1.71. The first-order valence-corrected chi connectivity index (χ1v) is 11.0. The third kappa shape index (κ3) is 4.01. The highest BCUT2D eigenvalue weighted by atomic mass is 16.6. The van der Waals surface area contributed by atoms with Crippen LogP contribution >= 0.6 is 0 Å². The first kappa shape index (κ1) is 19.6. The van der Waals surface area contributed by atoms with Crippen molar-refractivity contribution in [1.29, 1.82) is 0 Å². The molecule has 0 radical (unpaired) electrons. The molecule has 0 spiro atoms. The molecule has 1 N–H and O–H groups in total. The van der Waals surface area contributed by atoms with Crippen molar-refractivity contribution in [3.63, 3.8) is 0 Å². The topological polar surface area (TPSA) is 47.6 Å². The van der Waals surface area contributed by atoms with E-state index in [4.69, 9.17) is 9.47 Å². The van der Waals surface area contributed by atoms with Gasteiger partial charge in [0.25, 0.3) is 0 Å². The van der Waals surface area contributed by atoms with Gasteiger partial charge in [-0.25, -0.2) is 4.79 Å². The SMILES string of the molecule is CC(C)(C)C1CCC(Oc2ccc3c(c2)CC[C@H]([C@]2(C)COC(=O)N2)C3)CC1. The number of ether oxygens (including phenoxy) is 2. The Morgan fingerprint density at radius 1 is 1.11 bits per heavy atom. The molecule has 2 aliphatic carbocycles. The van der Waals surface area contributed by atoms with Gasteiger partial charge >= 0.3 is 6.09 Å². The molecule has 4 rings (SSSR count). The second kappa shape index (κ2) is 7.27. The van der Waals surface area contributed by atoms with Gasteiger partial charge in [0.2, 0.25) is 0 Å². The molecule has 0 aromatic heterocycles. The Kier molecular flexibility index (Phi) is 5.09. The lowest BCUT2D eigenvalue weighted by Crippen LogP contribution is -2.49. The molecule has 1 aliphatic heterocycles. The molecule has 1 heterocycles. The summed E-state index contributed by atoms with van der Waals surface area (Å²) in [4.78, 5) is 11.5. The number of hydrogen-bond donors (Lipinski definition) is 1. The summed E-state index contributed by atoms with van der Waals surface area (Å²) in [5, 5.41) is 3.02. The number of alkyl carbamates (subject to hydrolysis) is 1. The minimum atomic E-state index is -0.279. The summed E-state index contributed by atoms with van der Waals surface area (Å²) in [6.45, 7) is 9.67. The van der Waals surface area contributed by atoms with Crippen LogP contribution in [-0.4, -0.2) is 24.3 Å². The van der Waals surface area contributed by atoms with E-state index in [0.29, 0.717) is 24.0 Å². The second-order valence-corrected chi connectivity index (χ2v) is 10.4. The van der Waals surface area contributed by atoms with Gasteiger partial charge in [0.05, 0.1) is 11.6 Å². The molecule has 1 saturated heterocycles. The molecule has 1 aromatic carbocycles. The number of benzene rings is 1. The zero-order valence-electron chi connectivity index (χ0n) is 17.8. The van der Waals surface area contributed by atoms with Gasteiger partial charge in [-0.2, -0.15) is 0 Å². The number of carbonyl (C=O) groups is 1. The molecule has 4 heteroatoms. The molecular formula is C24H35NO3. The fourth-order valence-electron chi connectivity index (χ4n) is 5.33. The number of aryl methyl sites for hydroxylation is 1. The lowest BCUT2D eigenvalue weighted by atomic mass is 9.72. The van der Waals surface area contributed by atoms with E-state index in [1.807, 2.05) is 0 Å². The number of rotatable bonds is 3. The average molecular weight is 386 g/mol. The van der Waals surface area contributed by atoms with Crippen LogP contribution in [0.1, 0.15) is 70.9 Å². The van der Waals surface area contributed by atoms with Gasteiger partial charge in [-0.15, -0.1) is 0 Å². The van der Waals surface area contributed by atoms with Gasteiger partial charge in [-0.3, -0.25) is 0 Å². The highest BCUT2D eigenvalue weighted by Crippen LogP contribution is 2.40. The molecule has 0 unspecified atom stereocenters. The van der Waals surface area contributed by atoms with Crippen LogP contribution in [0.4, 0.5) is 4.79 Å². The van der Waals surface area contributed by atoms with Crippen molar-refractivity contribution in [3.05, 3.63) is 29.3 Å². The molecule has 2 atom stereocenters. The number of amides is 1. The van der Waals surface area contributed by atoms with Crippen molar-refractivity contribution < 1.29 is 14.3 Å². The Morgan fingerprint density at radius 3 is 2.50 bits per heavy atom. The molecule has 28 heavy (non-hydrogen) atoms. The predicted molar refractivity (Wildman–Crippen MR) is 111 cm³/mol. The number of fused-ring (bicyclic) bond motifs is 1. The van der Waals surface area contributed by atoms with Crippen LogP contribution in [0.15, 0.2) is 18.2 Å². The van der Waals surface area contributed by atoms with E-state index in [-0.39, 0.29) is 11.6 Å². The Labute approximate surface area is 169 Å². The summed E-state index contributed by atoms with van der Waals surface area (Å²) in [5.41, 5.74) is 2.97. The minimum absolute atomic E-state index is 0.240. The van der Waals surface area contributed by atoms with E-state index in [1.165, 1.54) is 36.8 Å². The summed E-state index contributed by atoms with van der Waals surface area (Å²) >= 11 is 0. The molecule has 4 nitrogen and oxygen atoms in total. The fourth-order valence-corrected chi connectivity index (χ4v) is 5.33. The number of hydrogen-bond acceptors (Lipinski definition) is 3. The Bertz CT molecular complexity index is 730. The highest BCUT2D eigenvalue weighted by molar-refractivity contribution is 5.70. The minimum Gasteiger partial charge on any atom is -0.490 e. The zero-order chi connectivity index (χ0) is 19.9. The molecular weight excluding hydrogens is 350 g/mol. The van der Waals surface area contributed by atoms with Crippen molar-refractivity contribution in [2.24, 2.45) is 17.3 Å². The smallest absolute Gasteiger partial charge is 0.407 e. The molecule has 2 fully saturated rings. The quantitative estimate of drug-likeness (QED) is 0.771. The summed E-state index contributed by atoms with van der Waals surface area (Å²) < 4.78 is 11.5. The van der Waals surface area contributed by atoms with Crippen molar-refractivity contribution in [2.75, 3.05) is 6.61 Å². The molecule has 1 aromatic rings. The molecule has 1 amide bonds. The highest BCUT2D eigenvalue weighted by Gasteiger charge is 2.43. The first-order chi connectivity index (χ1) is 13.2. The predicted octanol–water partition coefficient (Wildman–Crippen LogP) is 5.27. The van der Waals surface area contributed by atoms with Gasteiger partial charge in [0.15, 0.2) is 0 Å². The summed E-state index contributed by atoms with van der Waals surface area (Å²) in [7, 11) is 0. The van der Waals surface area contributed by atoms with Crippen molar-refractivity contribution >= 4 is 6.09 Å². The van der Waals surface area contributed by atoms with Gasteiger partial charge < -0.3 is 14.8 Å². The van der Waals surface area contributed by atoms with Crippen molar-refractivity contribution in [3.8, 4) is 5.75 Å². The Balaban J connectivity index is 1.36. The average Bonchev–Trinajstić information content (AvgIpc) is 3.01. The van der Waals surface area contributed by atoms with Gasteiger partial charge in [-0.1, -0.05) is 26.8 Å². The van der Waals surface area contributed by atoms with Crippen LogP contribution in [0, 0.1) is 17.3 Å². The summed E-state index contributed by atoms with van der Waals surface area (Å²) in [6.07, 6.45) is 8.06. The van der Waals surface area contributed by atoms with Crippen LogP contribution in [0.5, 0.6) is 5.75 Å². The third-order valence-electron chi connectivity index (χ3n) is 7.40. The van der Waals surface area contributed by atoms with Crippen molar-refractivity contribution in [2.45, 2.75) is 84.3 Å². The fraction of sp³-hybridized carbons (Fsp3) is 0.708. The molecule has 0 bridgehead atoms. The molecule has 3 aliphatic rings. The molecule has 1 saturated carbocycles. The first-order valence-electron chi connectivity index (χ1n) is 11.0. The molecule has 154 valence electrons. The largest absolute Gasteiger partial charge is 0.490 e. The van der Waals surface area contributed by atoms with E-state index >= 15 is 0 Å². The van der Waals surface area contributed by atoms with E-state index in [0.717, 1.165) is 30.9 Å². The maximum Gasteiger partial charge on any atom is 0.407 e. The monoisotopic (exact) mass is 385 g/mol. The standard InChI is InChI=1S/C24H35NO3/c1-23(2,3)18-8-11-20(12-9-18)28-21-10-6-16-13-19(7-5-17(16)14-21)24(4)15-27-22(26)25-24/h6,10,14,18-20H,5,7-9,11-13,15H2,1-4H3,(H,25,26)/t18?,19-,20?,24-/m0/s1. The third-order valence-corrected chi connectivity index (χ3v) is 7.40. The number of carbonyl (C=O) groups excluding carboxylic acids is 1. The van der Waals surface area contributed by atoms with Gasteiger partial charge in [0, 0.05) is 0 Å². The number of cyclic esters (lactones) is 1. The van der Waals surface area contributed by atoms with Gasteiger partial charge in [-0.05, 0) is 92.4 Å². The maximum absolute atomic E-state index is 11.5. The lowest BCUT2D eigenvalue weighted by molar-refractivity contribution is 0.0881. The summed E-state index contributed by atoms with van der Waals surface area (Å²) in [6, 6.07) is 6.63. The Morgan fingerprint density at radius 2 is 1.86 bits per heavy atom. The van der Waals surface area contributed by atoms with E-state index in [1.54, 1.807) is 0 Å². The van der Waals surface area contributed by atoms with Crippen molar-refractivity contribution in [1.82, 2.24) is 5.32 Å². The van der Waals surface area contributed by atoms with Crippen LogP contribution in [0.3, 0.4) is 0 Å². The number of nitrogens with one attached hydrogen (secondary N) is 1. The van der Waals surface area contributed by atoms with Crippen LogP contribution < -0.4 is 10.1 Å². The second-order valence-electron chi connectivity index (χ2n) is 10.4. The lowest BCUT2D eigenvalue weighted by Gasteiger charge is -2.37.